The fraction of sp³-hybridized carbons (Fsp3) is 0.472. The Morgan fingerprint density at radius 2 is 1.72 bits per heavy atom. The van der Waals surface area contributed by atoms with Gasteiger partial charge < -0.3 is 43.8 Å². The second kappa shape index (κ2) is 22.3. The Morgan fingerprint density at radius 3 is 2.52 bits per heavy atom. The highest BCUT2D eigenvalue weighted by molar-refractivity contribution is 6.03. The third-order valence-corrected chi connectivity index (χ3v) is 13.5. The number of ether oxygens (including phenoxy) is 5. The Bertz CT molecular complexity index is 2250. The number of carbonyl (C=O) groups excluding carboxylic acids is 1. The van der Waals surface area contributed by atoms with Gasteiger partial charge in [-0.1, -0.05) is 103 Å². The van der Waals surface area contributed by atoms with Crippen LogP contribution in [0.15, 0.2) is 120 Å². The van der Waals surface area contributed by atoms with Gasteiger partial charge in [0.1, 0.15) is 24.1 Å². The number of oxime groups is 1. The second-order valence-corrected chi connectivity index (χ2v) is 17.6. The number of hydrogen-bond acceptors (Lipinski definition) is 11. The number of nitrogens with zero attached hydrogens (tertiary/aromatic N) is 2. The number of aliphatic hydroxyl groups excluding tert-OH is 2. The Kier molecular flexibility index (Phi) is 15.9. The first-order chi connectivity index (χ1) is 31.9. The molecule has 65 heavy (non-hydrogen) atoms. The smallest absolute Gasteiger partial charge is 0.410 e. The molecule has 346 valence electrons. The largest absolute Gasteiger partial charge is 0.508 e. The fourth-order valence-corrected chi connectivity index (χ4v) is 10.5. The van der Waals surface area contributed by atoms with Crippen molar-refractivity contribution in [2.45, 2.75) is 101 Å². The molecule has 0 radical (unpaired) electrons. The topological polar surface area (TPSA) is 149 Å². The van der Waals surface area contributed by atoms with E-state index in [0.29, 0.717) is 43.9 Å². The molecule has 0 aromatic heterocycles. The summed E-state index contributed by atoms with van der Waals surface area (Å²) in [7, 11) is 0. The predicted octanol–water partition coefficient (Wildman–Crippen LogP) is 9.56. The van der Waals surface area contributed by atoms with Crippen LogP contribution >= 0.6 is 0 Å². The van der Waals surface area contributed by atoms with Crippen molar-refractivity contribution in [3.63, 3.8) is 0 Å². The van der Waals surface area contributed by atoms with Crippen LogP contribution in [-0.2, 0) is 36.9 Å². The third-order valence-electron chi connectivity index (χ3n) is 13.5. The highest BCUT2D eigenvalue weighted by Crippen LogP contribution is 2.62. The first-order valence-corrected chi connectivity index (χ1v) is 23.5. The van der Waals surface area contributed by atoms with Crippen LogP contribution in [0.25, 0.3) is 10.8 Å². The molecule has 2 aliphatic heterocycles. The van der Waals surface area contributed by atoms with Gasteiger partial charge in [0, 0.05) is 37.5 Å². The second-order valence-electron chi connectivity index (χ2n) is 17.6. The van der Waals surface area contributed by atoms with Gasteiger partial charge in [0.2, 0.25) is 12.1 Å². The minimum absolute atomic E-state index is 0.00739. The van der Waals surface area contributed by atoms with Crippen LogP contribution in [0.2, 0.25) is 0 Å². The average Bonchev–Trinajstić information content (AvgIpc) is 3.33. The summed E-state index contributed by atoms with van der Waals surface area (Å²) in [4.78, 5) is 23.2. The van der Waals surface area contributed by atoms with E-state index in [-0.39, 0.29) is 69.5 Å². The Balaban J connectivity index is 1.27. The van der Waals surface area contributed by atoms with Gasteiger partial charge in [-0.15, -0.1) is 6.58 Å². The number of rotatable bonds is 21. The Hall–Kier alpha value is -5.24. The van der Waals surface area contributed by atoms with E-state index in [9.17, 15) is 15.3 Å². The van der Waals surface area contributed by atoms with E-state index in [0.717, 1.165) is 71.6 Å². The summed E-state index contributed by atoms with van der Waals surface area (Å²) in [6.07, 6.45) is 10.2. The maximum atomic E-state index is 15.1. The normalized spacial score (nSPS) is 25.2. The molecule has 0 spiro atoms. The first-order valence-electron chi connectivity index (χ1n) is 23.5. The molecule has 4 aromatic rings. The zero-order valence-electron chi connectivity index (χ0n) is 37.3. The molecule has 7 atom stereocenters. The van der Waals surface area contributed by atoms with Crippen LogP contribution in [-0.4, -0.2) is 89.8 Å². The molecule has 12 nitrogen and oxygen atoms in total. The van der Waals surface area contributed by atoms with E-state index in [2.05, 4.69) is 30.9 Å². The van der Waals surface area contributed by atoms with Crippen LogP contribution in [0.4, 0.5) is 4.79 Å². The SMILES string of the molecule is C=CCOC12Oc3ccc(O)cc3C3C(CCCCO)C(CCCCO)C=C(C(=NOC4CCCCO4)CC1N(Cc1cccc4ccccc14)C(=O)OCCOCc1ccccc1)C32. The summed E-state index contributed by atoms with van der Waals surface area (Å²) in [5.41, 5.74) is 4.34. The lowest BCUT2D eigenvalue weighted by Crippen LogP contribution is -2.70. The van der Waals surface area contributed by atoms with Gasteiger partial charge in [-0.25, -0.2) is 4.79 Å². The molecule has 7 unspecified atom stereocenters. The van der Waals surface area contributed by atoms with Crippen molar-refractivity contribution in [2.24, 2.45) is 22.9 Å². The highest BCUT2D eigenvalue weighted by atomic mass is 16.8. The van der Waals surface area contributed by atoms with Crippen molar-refractivity contribution >= 4 is 22.6 Å². The molecule has 8 rings (SSSR count). The Morgan fingerprint density at radius 1 is 0.923 bits per heavy atom. The van der Waals surface area contributed by atoms with E-state index >= 15 is 4.79 Å². The summed E-state index contributed by atoms with van der Waals surface area (Å²) in [6.45, 7) is 5.66. The predicted molar refractivity (Wildman–Crippen MR) is 248 cm³/mol. The highest BCUT2D eigenvalue weighted by Gasteiger charge is 2.65. The van der Waals surface area contributed by atoms with Crippen molar-refractivity contribution < 1.29 is 48.6 Å². The van der Waals surface area contributed by atoms with Gasteiger partial charge in [0.15, 0.2) is 0 Å². The third kappa shape index (κ3) is 10.6. The summed E-state index contributed by atoms with van der Waals surface area (Å²) in [6, 6.07) is 28.5. The van der Waals surface area contributed by atoms with Gasteiger partial charge >= 0.3 is 6.09 Å². The lowest BCUT2D eigenvalue weighted by Gasteiger charge is -2.59. The number of unbranched alkanes of at least 4 members (excludes halogenated alkanes) is 2. The van der Waals surface area contributed by atoms with Crippen LogP contribution < -0.4 is 4.74 Å². The van der Waals surface area contributed by atoms with E-state index in [1.165, 1.54) is 0 Å². The van der Waals surface area contributed by atoms with Crippen LogP contribution in [0.5, 0.6) is 11.5 Å². The van der Waals surface area contributed by atoms with E-state index in [4.69, 9.17) is 33.7 Å². The van der Waals surface area contributed by atoms with Gasteiger partial charge in [-0.2, -0.15) is 0 Å². The molecule has 4 aliphatic rings. The van der Waals surface area contributed by atoms with E-state index in [1.54, 1.807) is 29.2 Å². The number of aliphatic hydroxyl groups is 2. The van der Waals surface area contributed by atoms with Crippen LogP contribution in [0, 0.1) is 17.8 Å². The minimum atomic E-state index is -1.51. The van der Waals surface area contributed by atoms with Gasteiger partial charge in [-0.3, -0.25) is 4.90 Å². The quantitative estimate of drug-likeness (QED) is 0.0420. The lowest BCUT2D eigenvalue weighted by molar-refractivity contribution is -0.256. The summed E-state index contributed by atoms with van der Waals surface area (Å²) >= 11 is 0. The number of carbonyl (C=O) groups is 1. The number of phenolic OH excluding ortho intramolecular Hbond substituents is 1. The molecule has 1 saturated carbocycles. The molecule has 2 fully saturated rings. The van der Waals surface area contributed by atoms with Gasteiger partial charge in [-0.05, 0) is 96.0 Å². The maximum absolute atomic E-state index is 15.1. The maximum Gasteiger partial charge on any atom is 0.410 e. The number of hydrogen-bond donors (Lipinski definition) is 3. The Labute approximate surface area is 382 Å². The van der Waals surface area contributed by atoms with Crippen molar-refractivity contribution in [3.05, 3.63) is 132 Å². The summed E-state index contributed by atoms with van der Waals surface area (Å²) in [5.74, 6) is -1.61. The number of fused-ring (bicyclic) bond motifs is 3. The molecule has 2 heterocycles. The molecular formula is C53H64N2O10. The molecule has 12 heteroatoms. The zero-order valence-corrected chi connectivity index (χ0v) is 37.3. The van der Waals surface area contributed by atoms with Crippen LogP contribution in [0.3, 0.4) is 0 Å². The van der Waals surface area contributed by atoms with Crippen molar-refractivity contribution in [2.75, 3.05) is 39.6 Å². The number of phenols is 1. The number of allylic oxidation sites excluding steroid dienone is 1. The number of aromatic hydroxyl groups is 1. The fourth-order valence-electron chi connectivity index (χ4n) is 10.5. The molecule has 3 N–H and O–H groups in total. The standard InChI is InChI=1S/C53H64N2O10/c1-2-28-63-53-48(55(35-40-20-14-19-38-17-6-7-21-42(38)40)52(59)62-31-30-60-36-37-15-4-3-5-16-37)34-46(54-65-49-23-10-13-29-61-49)44-32-39(18-8-11-26-56)43(22-9-12-27-57)50(51(44)53)45-33-41(58)24-25-47(45)64-53/h2-7,14-17,19-21,24-25,32-33,39,43,48-51,56-58H,1,8-13,18,22-23,26-31,34-36H2. The first kappa shape index (κ1) is 46.3. The van der Waals surface area contributed by atoms with Crippen LogP contribution in [0.1, 0.15) is 86.8 Å². The summed E-state index contributed by atoms with van der Waals surface area (Å²) in [5, 5.41) is 38.0. The molecule has 4 aromatic carbocycles. The molecule has 1 saturated heterocycles. The van der Waals surface area contributed by atoms with E-state index < -0.39 is 30.1 Å². The van der Waals surface area contributed by atoms with Crippen molar-refractivity contribution in [1.29, 1.82) is 0 Å². The van der Waals surface area contributed by atoms with Crippen molar-refractivity contribution in [1.82, 2.24) is 4.90 Å². The average molecular weight is 889 g/mol. The molecular weight excluding hydrogens is 825 g/mol. The van der Waals surface area contributed by atoms with E-state index in [1.807, 2.05) is 54.6 Å². The number of benzene rings is 4. The zero-order chi connectivity index (χ0) is 45.0. The molecule has 0 bridgehead atoms. The molecule has 2 aliphatic carbocycles. The summed E-state index contributed by atoms with van der Waals surface area (Å²) < 4.78 is 32.7. The van der Waals surface area contributed by atoms with Gasteiger partial charge in [0.25, 0.3) is 0 Å². The molecule has 1 amide bonds. The van der Waals surface area contributed by atoms with Crippen molar-refractivity contribution in [3.8, 4) is 11.5 Å². The lowest BCUT2D eigenvalue weighted by atomic mass is 9.55. The monoisotopic (exact) mass is 888 g/mol. The number of amides is 1. The minimum Gasteiger partial charge on any atom is -0.508 e. The van der Waals surface area contributed by atoms with Gasteiger partial charge in [0.05, 0.1) is 44.6 Å².